The van der Waals surface area contributed by atoms with Gasteiger partial charge in [-0.2, -0.15) is 8.78 Å². The largest absolute Gasteiger partial charge is 0.383 e. The number of imidazole rings is 1. The molecule has 4 nitrogen and oxygen atoms in total. The molecular weight excluding hydrogens is 242 g/mol. The maximum absolute atomic E-state index is 12.5. The highest BCUT2D eigenvalue weighted by Gasteiger charge is 2.48. The highest BCUT2D eigenvalue weighted by Crippen LogP contribution is 2.22. The van der Waals surface area contributed by atoms with Gasteiger partial charge >= 0.3 is 12.3 Å². The van der Waals surface area contributed by atoms with Crippen molar-refractivity contribution in [3.8, 4) is 0 Å². The average Bonchev–Trinajstić information content (AvgIpc) is 2.64. The molecule has 0 saturated carbocycles. The number of aryl methyl sites for hydroxylation is 1. The van der Waals surface area contributed by atoms with E-state index in [0.29, 0.717) is 5.82 Å². The van der Waals surface area contributed by atoms with Crippen molar-refractivity contribution in [2.24, 2.45) is 7.05 Å². The molecule has 0 bridgehead atoms. The van der Waals surface area contributed by atoms with Crippen molar-refractivity contribution in [1.29, 1.82) is 0 Å². The van der Waals surface area contributed by atoms with Gasteiger partial charge in [0.2, 0.25) is 0 Å². The monoisotopic (exact) mass is 253 g/mol. The van der Waals surface area contributed by atoms with Crippen LogP contribution in [0.2, 0.25) is 0 Å². The van der Waals surface area contributed by atoms with E-state index in [9.17, 15) is 22.4 Å². The Morgan fingerprint density at radius 2 is 2.24 bits per heavy atom. The quantitative estimate of drug-likeness (QED) is 0.795. The van der Waals surface area contributed by atoms with Crippen LogP contribution in [-0.4, -0.2) is 34.4 Å². The third-order valence-electron chi connectivity index (χ3n) is 2.13. The molecule has 96 valence electrons. The minimum absolute atomic E-state index is 0.175. The number of amides is 1. The third-order valence-corrected chi connectivity index (χ3v) is 2.13. The van der Waals surface area contributed by atoms with Crippen molar-refractivity contribution in [1.82, 2.24) is 14.9 Å². The molecule has 0 aromatic carbocycles. The summed E-state index contributed by atoms with van der Waals surface area (Å²) in [4.78, 5) is 14.6. The Morgan fingerprint density at radius 1 is 1.59 bits per heavy atom. The number of carbonyl (C=O) groups is 1. The summed E-state index contributed by atoms with van der Waals surface area (Å²) in [5.74, 6) is -6.06. The van der Waals surface area contributed by atoms with Crippen LogP contribution in [0.4, 0.5) is 17.6 Å². The molecule has 0 aliphatic carbocycles. The SMILES string of the molecule is Cn1ccnc1CCNC(=O)C(F)(F)C(F)F. The van der Waals surface area contributed by atoms with Gasteiger partial charge in [-0.05, 0) is 0 Å². The lowest BCUT2D eigenvalue weighted by Crippen LogP contribution is -2.45. The zero-order valence-corrected chi connectivity index (χ0v) is 8.96. The number of rotatable bonds is 5. The van der Waals surface area contributed by atoms with Crippen molar-refractivity contribution < 1.29 is 22.4 Å². The predicted molar refractivity (Wildman–Crippen MR) is 50.9 cm³/mol. The Bertz CT molecular complexity index is 391. The first-order valence-corrected chi connectivity index (χ1v) is 4.76. The van der Waals surface area contributed by atoms with Crippen molar-refractivity contribution in [2.75, 3.05) is 6.54 Å². The van der Waals surface area contributed by atoms with Crippen LogP contribution in [0.3, 0.4) is 0 Å². The topological polar surface area (TPSA) is 46.9 Å². The van der Waals surface area contributed by atoms with Crippen molar-refractivity contribution in [3.05, 3.63) is 18.2 Å². The second-order valence-electron chi connectivity index (χ2n) is 3.38. The molecular formula is C9H11F4N3O. The van der Waals surface area contributed by atoms with Gasteiger partial charge in [0.25, 0.3) is 5.91 Å². The van der Waals surface area contributed by atoms with E-state index < -0.39 is 18.3 Å². The van der Waals surface area contributed by atoms with E-state index in [0.717, 1.165) is 0 Å². The van der Waals surface area contributed by atoms with Gasteiger partial charge in [-0.1, -0.05) is 0 Å². The third kappa shape index (κ3) is 3.18. The van der Waals surface area contributed by atoms with Gasteiger partial charge in [0, 0.05) is 32.4 Å². The van der Waals surface area contributed by atoms with E-state index in [1.54, 1.807) is 23.1 Å². The summed E-state index contributed by atoms with van der Waals surface area (Å²) in [6, 6.07) is 0. The van der Waals surface area contributed by atoms with Gasteiger partial charge in [0.1, 0.15) is 5.82 Å². The highest BCUT2D eigenvalue weighted by molar-refractivity contribution is 5.83. The smallest absolute Gasteiger partial charge is 0.350 e. The van der Waals surface area contributed by atoms with Crippen LogP contribution in [-0.2, 0) is 18.3 Å². The van der Waals surface area contributed by atoms with Gasteiger partial charge in [-0.15, -0.1) is 0 Å². The van der Waals surface area contributed by atoms with Crippen LogP contribution < -0.4 is 5.32 Å². The van der Waals surface area contributed by atoms with Crippen molar-refractivity contribution in [3.63, 3.8) is 0 Å². The normalized spacial score (nSPS) is 11.9. The number of nitrogens with zero attached hydrogens (tertiary/aromatic N) is 2. The van der Waals surface area contributed by atoms with Gasteiger partial charge in [0.15, 0.2) is 0 Å². The lowest BCUT2D eigenvalue weighted by Gasteiger charge is -2.14. The van der Waals surface area contributed by atoms with Crippen molar-refractivity contribution >= 4 is 5.91 Å². The zero-order chi connectivity index (χ0) is 13.1. The van der Waals surface area contributed by atoms with E-state index in [4.69, 9.17) is 0 Å². The Kier molecular flexibility index (Phi) is 4.08. The summed E-state index contributed by atoms with van der Waals surface area (Å²) in [5.41, 5.74) is 0. The molecule has 1 aromatic heterocycles. The molecule has 0 aliphatic heterocycles. The van der Waals surface area contributed by atoms with E-state index in [1.165, 1.54) is 6.20 Å². The minimum atomic E-state index is -4.65. The highest BCUT2D eigenvalue weighted by atomic mass is 19.3. The first-order chi connectivity index (χ1) is 7.85. The average molecular weight is 253 g/mol. The molecule has 1 aromatic rings. The first kappa shape index (κ1) is 13.5. The number of hydrogen-bond donors (Lipinski definition) is 1. The van der Waals surface area contributed by atoms with E-state index in [-0.39, 0.29) is 13.0 Å². The Labute approximate surface area is 94.6 Å². The molecule has 1 amide bonds. The summed E-state index contributed by atoms with van der Waals surface area (Å²) in [5, 5.41) is 1.75. The standard InChI is InChI=1S/C9H11F4N3O/c1-16-5-4-14-6(16)2-3-15-8(17)9(12,13)7(10)11/h4-5,7H,2-3H2,1H3,(H,15,17). The minimum Gasteiger partial charge on any atom is -0.350 e. The van der Waals surface area contributed by atoms with Crippen LogP contribution in [0.15, 0.2) is 12.4 Å². The van der Waals surface area contributed by atoms with Gasteiger partial charge in [-0.25, -0.2) is 13.8 Å². The maximum Gasteiger partial charge on any atom is 0.383 e. The lowest BCUT2D eigenvalue weighted by atomic mass is 10.3. The Morgan fingerprint density at radius 3 is 2.71 bits per heavy atom. The molecule has 0 saturated heterocycles. The van der Waals surface area contributed by atoms with Crippen LogP contribution in [0, 0.1) is 0 Å². The molecule has 1 heterocycles. The lowest BCUT2D eigenvalue weighted by molar-refractivity contribution is -0.169. The molecule has 0 spiro atoms. The van der Waals surface area contributed by atoms with Crippen LogP contribution in [0.25, 0.3) is 0 Å². The fourth-order valence-corrected chi connectivity index (χ4v) is 1.14. The molecule has 0 unspecified atom stereocenters. The maximum atomic E-state index is 12.5. The number of nitrogens with one attached hydrogen (secondary N) is 1. The molecule has 0 radical (unpaired) electrons. The molecule has 1 N–H and O–H groups in total. The van der Waals surface area contributed by atoms with Crippen LogP contribution >= 0.6 is 0 Å². The Balaban J connectivity index is 2.42. The Hall–Kier alpha value is -1.60. The second kappa shape index (κ2) is 5.15. The van der Waals surface area contributed by atoms with Crippen LogP contribution in [0.5, 0.6) is 0 Å². The summed E-state index contributed by atoms with van der Waals surface area (Å²) in [6.07, 6.45) is -0.666. The molecule has 1 rings (SSSR count). The summed E-state index contributed by atoms with van der Waals surface area (Å²) >= 11 is 0. The van der Waals surface area contributed by atoms with Gasteiger partial charge < -0.3 is 9.88 Å². The van der Waals surface area contributed by atoms with E-state index >= 15 is 0 Å². The fraction of sp³-hybridized carbons (Fsp3) is 0.556. The van der Waals surface area contributed by atoms with E-state index in [2.05, 4.69) is 4.98 Å². The second-order valence-corrected chi connectivity index (χ2v) is 3.38. The molecule has 0 atom stereocenters. The summed E-state index contributed by atoms with van der Waals surface area (Å²) < 4.78 is 50.2. The predicted octanol–water partition coefficient (Wildman–Crippen LogP) is 0.979. The number of aromatic nitrogens is 2. The number of alkyl halides is 4. The summed E-state index contributed by atoms with van der Waals surface area (Å²) in [7, 11) is 1.69. The van der Waals surface area contributed by atoms with Crippen LogP contribution in [0.1, 0.15) is 5.82 Å². The van der Waals surface area contributed by atoms with Gasteiger partial charge in [-0.3, -0.25) is 4.79 Å². The van der Waals surface area contributed by atoms with E-state index in [1.807, 2.05) is 0 Å². The fourth-order valence-electron chi connectivity index (χ4n) is 1.14. The first-order valence-electron chi connectivity index (χ1n) is 4.76. The summed E-state index contributed by atoms with van der Waals surface area (Å²) in [6.45, 7) is -0.175. The molecule has 17 heavy (non-hydrogen) atoms. The molecule has 8 heteroatoms. The van der Waals surface area contributed by atoms with Gasteiger partial charge in [0.05, 0.1) is 0 Å². The number of hydrogen-bond acceptors (Lipinski definition) is 2. The zero-order valence-electron chi connectivity index (χ0n) is 8.96. The van der Waals surface area contributed by atoms with Crippen molar-refractivity contribution in [2.45, 2.75) is 18.8 Å². The molecule has 0 fully saturated rings. The number of halogens is 4. The molecule has 0 aliphatic rings. The number of carbonyl (C=O) groups excluding carboxylic acids is 1.